The van der Waals surface area contributed by atoms with Gasteiger partial charge in [0.25, 0.3) is 5.91 Å². The van der Waals surface area contributed by atoms with Crippen molar-refractivity contribution in [2.45, 2.75) is 31.1 Å². The van der Waals surface area contributed by atoms with Crippen molar-refractivity contribution >= 4 is 17.5 Å². The van der Waals surface area contributed by atoms with E-state index in [1.807, 2.05) is 0 Å². The molecule has 0 aromatic carbocycles. The Kier molecular flexibility index (Phi) is 4.29. The van der Waals surface area contributed by atoms with Crippen molar-refractivity contribution in [2.75, 3.05) is 13.6 Å². The highest BCUT2D eigenvalue weighted by atomic mass is 35.5. The Morgan fingerprint density at radius 1 is 1.50 bits per heavy atom. The van der Waals surface area contributed by atoms with Crippen molar-refractivity contribution in [3.8, 4) is 0 Å². The number of likely N-dealkylation sites (tertiary alicyclic amines) is 1. The van der Waals surface area contributed by atoms with E-state index in [1.165, 1.54) is 24.2 Å². The van der Waals surface area contributed by atoms with Gasteiger partial charge < -0.3 is 10.3 Å². The van der Waals surface area contributed by atoms with Crippen molar-refractivity contribution in [3.05, 3.63) is 23.0 Å². The van der Waals surface area contributed by atoms with Crippen LogP contribution in [-0.2, 0) is 0 Å². The van der Waals surface area contributed by atoms with Crippen LogP contribution in [0.5, 0.6) is 0 Å². The predicted molar refractivity (Wildman–Crippen MR) is 68.8 cm³/mol. The molecule has 1 aliphatic heterocycles. The Balaban J connectivity index is 1.92. The van der Waals surface area contributed by atoms with E-state index in [1.54, 1.807) is 0 Å². The Hall–Kier alpha value is -1.21. The first-order valence-corrected chi connectivity index (χ1v) is 6.57. The molecule has 1 aliphatic rings. The molecule has 2 atom stereocenters. The lowest BCUT2D eigenvalue weighted by atomic mass is 9.98. The minimum Gasteiger partial charge on any atom is -0.356 e. The molecule has 0 radical (unpaired) electrons. The van der Waals surface area contributed by atoms with E-state index in [2.05, 4.69) is 10.3 Å². The minimum absolute atomic E-state index is 0.0174. The Labute approximate surface area is 119 Å². The number of carbonyl (C=O) groups excluding carboxylic acids is 1. The summed E-state index contributed by atoms with van der Waals surface area (Å²) in [6.45, 7) is 0.171. The van der Waals surface area contributed by atoms with Gasteiger partial charge in [0.2, 0.25) is 0 Å². The van der Waals surface area contributed by atoms with Crippen LogP contribution < -0.4 is 5.32 Å². The third-order valence-electron chi connectivity index (χ3n) is 3.43. The smallest absolute Gasteiger partial charge is 0.356 e. The molecule has 2 rings (SSSR count). The van der Waals surface area contributed by atoms with E-state index < -0.39 is 12.2 Å². The number of hydrogen-bond donors (Lipinski definition) is 2. The van der Waals surface area contributed by atoms with Gasteiger partial charge in [-0.25, -0.2) is 0 Å². The Morgan fingerprint density at radius 2 is 2.20 bits per heavy atom. The van der Waals surface area contributed by atoms with Crippen LogP contribution in [0, 0.1) is 0 Å². The van der Waals surface area contributed by atoms with Gasteiger partial charge in [-0.2, -0.15) is 13.2 Å². The van der Waals surface area contributed by atoms with Gasteiger partial charge in [0, 0.05) is 18.8 Å². The number of rotatable bonds is 2. The molecule has 0 bridgehead atoms. The van der Waals surface area contributed by atoms with Crippen molar-refractivity contribution in [3.63, 3.8) is 0 Å². The number of hydrogen-bond acceptors (Lipinski definition) is 2. The average Bonchev–Trinajstić information content (AvgIpc) is 2.74. The number of piperidine rings is 1. The molecule has 1 amide bonds. The summed E-state index contributed by atoms with van der Waals surface area (Å²) in [5.74, 6) is -0.360. The summed E-state index contributed by atoms with van der Waals surface area (Å²) in [7, 11) is 1.42. The van der Waals surface area contributed by atoms with Crippen molar-refractivity contribution in [1.29, 1.82) is 0 Å². The number of carbonyl (C=O) groups is 1. The fourth-order valence-corrected chi connectivity index (χ4v) is 2.60. The number of nitrogens with zero attached hydrogens (tertiary/aromatic N) is 1. The summed E-state index contributed by atoms with van der Waals surface area (Å²) in [5, 5.41) is 3.12. The molecule has 1 saturated heterocycles. The van der Waals surface area contributed by atoms with Gasteiger partial charge in [-0.05, 0) is 26.0 Å². The van der Waals surface area contributed by atoms with Crippen LogP contribution in [0.4, 0.5) is 13.2 Å². The van der Waals surface area contributed by atoms with Crippen LogP contribution >= 0.6 is 11.6 Å². The predicted octanol–water partition coefficient (Wildman–Crippen LogP) is 2.42. The first kappa shape index (κ1) is 15.2. The van der Waals surface area contributed by atoms with Crippen LogP contribution in [0.25, 0.3) is 0 Å². The highest BCUT2D eigenvalue weighted by molar-refractivity contribution is 6.30. The van der Waals surface area contributed by atoms with Crippen LogP contribution in [0.15, 0.2) is 12.3 Å². The number of aromatic amines is 1. The molecular weight excluding hydrogens is 295 g/mol. The summed E-state index contributed by atoms with van der Waals surface area (Å²) in [6, 6.07) is -0.258. The maximum Gasteiger partial charge on any atom is 0.404 e. The van der Waals surface area contributed by atoms with Gasteiger partial charge in [0.1, 0.15) is 11.7 Å². The fraction of sp³-hybridized carbons (Fsp3) is 0.583. The molecule has 1 aromatic rings. The number of halogens is 4. The van der Waals surface area contributed by atoms with Gasteiger partial charge in [-0.15, -0.1) is 0 Å². The summed E-state index contributed by atoms with van der Waals surface area (Å²) in [6.07, 6.45) is -2.47. The van der Waals surface area contributed by atoms with E-state index in [4.69, 9.17) is 11.6 Å². The number of aromatic nitrogens is 1. The van der Waals surface area contributed by atoms with Crippen LogP contribution in [0.3, 0.4) is 0 Å². The van der Waals surface area contributed by atoms with E-state index in [-0.39, 0.29) is 24.9 Å². The molecule has 0 unspecified atom stereocenters. The van der Waals surface area contributed by atoms with Crippen molar-refractivity contribution < 1.29 is 18.0 Å². The summed E-state index contributed by atoms with van der Waals surface area (Å²) >= 11 is 5.70. The van der Waals surface area contributed by atoms with E-state index in [9.17, 15) is 18.0 Å². The maximum atomic E-state index is 12.7. The zero-order valence-corrected chi connectivity index (χ0v) is 11.6. The summed E-state index contributed by atoms with van der Waals surface area (Å²) in [4.78, 5) is 15.8. The average molecular weight is 310 g/mol. The lowest BCUT2D eigenvalue weighted by molar-refractivity contribution is -0.188. The third-order valence-corrected chi connectivity index (χ3v) is 3.65. The van der Waals surface area contributed by atoms with E-state index >= 15 is 0 Å². The van der Waals surface area contributed by atoms with Gasteiger partial charge in [0.05, 0.1) is 5.02 Å². The second-order valence-electron chi connectivity index (χ2n) is 4.98. The molecule has 20 heavy (non-hydrogen) atoms. The second kappa shape index (κ2) is 5.65. The standard InChI is InChI=1S/C12H15ClF3N3O/c1-19-6-8(2-3-10(19)12(14,15)16)18-11(20)9-4-7(13)5-17-9/h4-5,8,10,17H,2-3,6H2,1H3,(H,18,20)/t8-,10-/m1/s1. The molecule has 8 heteroatoms. The van der Waals surface area contributed by atoms with Gasteiger partial charge >= 0.3 is 6.18 Å². The molecule has 0 aliphatic carbocycles. The molecule has 112 valence electrons. The van der Waals surface area contributed by atoms with Crippen LogP contribution in [0.2, 0.25) is 5.02 Å². The molecular formula is C12H15ClF3N3O. The molecule has 2 N–H and O–H groups in total. The van der Waals surface area contributed by atoms with Crippen molar-refractivity contribution in [1.82, 2.24) is 15.2 Å². The lowest BCUT2D eigenvalue weighted by Gasteiger charge is -2.38. The normalized spacial score (nSPS) is 24.6. The topological polar surface area (TPSA) is 48.1 Å². The summed E-state index contributed by atoms with van der Waals surface area (Å²) in [5.41, 5.74) is 0.301. The van der Waals surface area contributed by atoms with Gasteiger partial charge in [-0.3, -0.25) is 9.69 Å². The minimum atomic E-state index is -4.23. The quantitative estimate of drug-likeness (QED) is 0.881. The lowest BCUT2D eigenvalue weighted by Crippen LogP contribution is -2.54. The van der Waals surface area contributed by atoms with Gasteiger partial charge in [0.15, 0.2) is 0 Å². The SMILES string of the molecule is CN1C[C@H](NC(=O)c2cc(Cl)c[nH]2)CC[C@@H]1C(F)(F)F. The highest BCUT2D eigenvalue weighted by Crippen LogP contribution is 2.30. The molecule has 1 aromatic heterocycles. The van der Waals surface area contributed by atoms with E-state index in [0.29, 0.717) is 17.1 Å². The fourth-order valence-electron chi connectivity index (χ4n) is 2.44. The van der Waals surface area contributed by atoms with Crippen LogP contribution in [-0.4, -0.2) is 47.6 Å². The largest absolute Gasteiger partial charge is 0.404 e. The maximum absolute atomic E-state index is 12.7. The van der Waals surface area contributed by atoms with E-state index in [0.717, 1.165) is 0 Å². The highest BCUT2D eigenvalue weighted by Gasteiger charge is 2.44. The second-order valence-corrected chi connectivity index (χ2v) is 5.41. The summed E-state index contributed by atoms with van der Waals surface area (Å²) < 4.78 is 38.1. The first-order valence-electron chi connectivity index (χ1n) is 6.19. The monoisotopic (exact) mass is 309 g/mol. The van der Waals surface area contributed by atoms with Gasteiger partial charge in [-0.1, -0.05) is 11.6 Å². The Morgan fingerprint density at radius 3 is 2.70 bits per heavy atom. The van der Waals surface area contributed by atoms with Crippen LogP contribution in [0.1, 0.15) is 23.3 Å². The number of likely N-dealkylation sites (N-methyl/N-ethyl adjacent to an activating group) is 1. The number of H-pyrrole nitrogens is 1. The number of amides is 1. The molecule has 4 nitrogen and oxygen atoms in total. The molecule has 0 saturated carbocycles. The zero-order chi connectivity index (χ0) is 14.9. The first-order chi connectivity index (χ1) is 9.27. The molecule has 2 heterocycles. The Bertz CT molecular complexity index is 489. The number of alkyl halides is 3. The third kappa shape index (κ3) is 3.46. The molecule has 0 spiro atoms. The molecule has 1 fully saturated rings. The van der Waals surface area contributed by atoms with Crippen molar-refractivity contribution in [2.24, 2.45) is 0 Å². The zero-order valence-electron chi connectivity index (χ0n) is 10.8. The number of nitrogens with one attached hydrogen (secondary N) is 2.